The van der Waals surface area contributed by atoms with E-state index in [0.717, 1.165) is 10.6 Å². The van der Waals surface area contributed by atoms with Gasteiger partial charge in [-0.1, -0.05) is 30.3 Å². The molecule has 0 bridgehead atoms. The van der Waals surface area contributed by atoms with Gasteiger partial charge in [0.25, 0.3) is 0 Å². The summed E-state index contributed by atoms with van der Waals surface area (Å²) in [5.74, 6) is 0. The number of urea groups is 1. The molecule has 1 aliphatic heterocycles. The van der Waals surface area contributed by atoms with Gasteiger partial charge < -0.3 is 10.4 Å². The second-order valence-corrected chi connectivity index (χ2v) is 3.65. The number of aliphatic hydroxyl groups is 1. The van der Waals surface area contributed by atoms with E-state index < -0.39 is 6.10 Å². The van der Waals surface area contributed by atoms with Crippen LogP contribution >= 0.6 is 0 Å². The zero-order valence-electron chi connectivity index (χ0n) is 8.80. The fraction of sp³-hybridized carbons (Fsp3) is 0.364. The smallest absolute Gasteiger partial charge is 0.341 e. The summed E-state index contributed by atoms with van der Waals surface area (Å²) in [5.41, 5.74) is 1.02. The first kappa shape index (κ1) is 10.9. The van der Waals surface area contributed by atoms with Gasteiger partial charge in [0, 0.05) is 6.54 Å². The number of benzene rings is 1. The minimum atomic E-state index is -0.581. The monoisotopic (exact) mass is 222 g/mol. The van der Waals surface area contributed by atoms with Crippen LogP contribution < -0.4 is 5.32 Å². The third-order valence-electron chi connectivity index (χ3n) is 2.31. The van der Waals surface area contributed by atoms with E-state index in [9.17, 15) is 9.90 Å². The Hall–Kier alpha value is -1.59. The lowest BCUT2D eigenvalue weighted by molar-refractivity contribution is -0.0679. The molecule has 1 aromatic rings. The van der Waals surface area contributed by atoms with Gasteiger partial charge in [-0.05, 0) is 5.56 Å². The van der Waals surface area contributed by atoms with Crippen LogP contribution in [0, 0.1) is 0 Å². The highest BCUT2D eigenvalue weighted by atomic mass is 16.7. The van der Waals surface area contributed by atoms with E-state index in [2.05, 4.69) is 5.32 Å². The highest BCUT2D eigenvalue weighted by Gasteiger charge is 2.25. The van der Waals surface area contributed by atoms with Crippen LogP contribution in [0.3, 0.4) is 0 Å². The Balaban J connectivity index is 1.80. The molecule has 5 heteroatoms. The molecule has 0 radical (unpaired) electrons. The Labute approximate surface area is 93.6 Å². The van der Waals surface area contributed by atoms with E-state index in [1.807, 2.05) is 30.3 Å². The lowest BCUT2D eigenvalue weighted by Crippen LogP contribution is -2.37. The fourth-order valence-corrected chi connectivity index (χ4v) is 1.48. The number of rotatable bonds is 2. The van der Waals surface area contributed by atoms with Crippen molar-refractivity contribution in [1.82, 2.24) is 10.4 Å². The maximum Gasteiger partial charge on any atom is 0.341 e. The van der Waals surface area contributed by atoms with Crippen LogP contribution in [0.15, 0.2) is 30.3 Å². The minimum absolute atomic E-state index is 0.179. The second-order valence-electron chi connectivity index (χ2n) is 3.65. The standard InChI is InChI=1S/C11H14N2O3/c14-10-7-13(16-8-10)11(15)12-6-9-4-2-1-3-5-9/h1-5,10,14H,6-8H2,(H,12,15)/t10-/m1/s1. The van der Waals surface area contributed by atoms with E-state index >= 15 is 0 Å². The van der Waals surface area contributed by atoms with Crippen molar-refractivity contribution in [2.24, 2.45) is 0 Å². The van der Waals surface area contributed by atoms with Crippen molar-refractivity contribution < 1.29 is 14.7 Å². The largest absolute Gasteiger partial charge is 0.389 e. The van der Waals surface area contributed by atoms with Crippen LogP contribution in [0.2, 0.25) is 0 Å². The molecule has 16 heavy (non-hydrogen) atoms. The van der Waals surface area contributed by atoms with Crippen LogP contribution in [-0.2, 0) is 11.4 Å². The number of nitrogens with zero attached hydrogens (tertiary/aromatic N) is 1. The Morgan fingerprint density at radius 1 is 1.50 bits per heavy atom. The average molecular weight is 222 g/mol. The molecule has 0 saturated carbocycles. The fourth-order valence-electron chi connectivity index (χ4n) is 1.48. The Bertz CT molecular complexity index is 356. The number of hydrogen-bond donors (Lipinski definition) is 2. The van der Waals surface area contributed by atoms with Gasteiger partial charge in [-0.25, -0.2) is 9.86 Å². The quantitative estimate of drug-likeness (QED) is 0.766. The summed E-state index contributed by atoms with van der Waals surface area (Å²) in [7, 11) is 0. The molecular weight excluding hydrogens is 208 g/mol. The van der Waals surface area contributed by atoms with Crippen LogP contribution in [0.4, 0.5) is 4.79 Å². The lowest BCUT2D eigenvalue weighted by Gasteiger charge is -2.14. The lowest BCUT2D eigenvalue weighted by atomic mass is 10.2. The highest BCUT2D eigenvalue weighted by molar-refractivity contribution is 5.73. The number of amides is 2. The molecule has 1 atom stereocenters. The van der Waals surface area contributed by atoms with Crippen molar-refractivity contribution in [2.75, 3.05) is 13.2 Å². The topological polar surface area (TPSA) is 61.8 Å². The van der Waals surface area contributed by atoms with Crippen LogP contribution in [0.25, 0.3) is 0 Å². The molecule has 0 aliphatic carbocycles. The first-order valence-corrected chi connectivity index (χ1v) is 5.16. The zero-order valence-corrected chi connectivity index (χ0v) is 8.80. The van der Waals surface area contributed by atoms with Crippen molar-refractivity contribution in [3.8, 4) is 0 Å². The third-order valence-corrected chi connectivity index (χ3v) is 2.31. The molecule has 0 unspecified atom stereocenters. The highest BCUT2D eigenvalue weighted by Crippen LogP contribution is 2.05. The predicted octanol–water partition coefficient (Wildman–Crippen LogP) is 0.504. The summed E-state index contributed by atoms with van der Waals surface area (Å²) in [6.07, 6.45) is -0.581. The van der Waals surface area contributed by atoms with Crippen molar-refractivity contribution in [3.05, 3.63) is 35.9 Å². The molecule has 2 rings (SSSR count). The minimum Gasteiger partial charge on any atom is -0.389 e. The molecule has 2 N–H and O–H groups in total. The molecule has 1 fully saturated rings. The maximum atomic E-state index is 11.5. The molecule has 86 valence electrons. The zero-order chi connectivity index (χ0) is 11.4. The summed E-state index contributed by atoms with van der Waals surface area (Å²) in [5, 5.41) is 13.0. The Morgan fingerprint density at radius 2 is 2.25 bits per heavy atom. The number of carbonyl (C=O) groups excluding carboxylic acids is 1. The molecular formula is C11H14N2O3. The van der Waals surface area contributed by atoms with Gasteiger partial charge in [-0.15, -0.1) is 0 Å². The Morgan fingerprint density at radius 3 is 2.88 bits per heavy atom. The van der Waals surface area contributed by atoms with E-state index in [0.29, 0.717) is 6.54 Å². The van der Waals surface area contributed by atoms with E-state index in [1.165, 1.54) is 0 Å². The normalized spacial score (nSPS) is 19.8. The number of hydroxylamine groups is 2. The van der Waals surface area contributed by atoms with Crippen LogP contribution in [-0.4, -0.2) is 35.5 Å². The summed E-state index contributed by atoms with van der Waals surface area (Å²) in [6, 6.07) is 9.29. The predicted molar refractivity (Wildman–Crippen MR) is 57.3 cm³/mol. The molecule has 2 amide bonds. The first-order valence-electron chi connectivity index (χ1n) is 5.16. The summed E-state index contributed by atoms with van der Waals surface area (Å²) in [6.45, 7) is 0.856. The van der Waals surface area contributed by atoms with Gasteiger partial charge in [0.2, 0.25) is 0 Å². The van der Waals surface area contributed by atoms with Crippen LogP contribution in [0.5, 0.6) is 0 Å². The molecule has 1 saturated heterocycles. The SMILES string of the molecule is O=C(NCc1ccccc1)N1C[C@@H](O)CO1. The third kappa shape index (κ3) is 2.71. The van der Waals surface area contributed by atoms with Gasteiger partial charge in [0.15, 0.2) is 0 Å². The summed E-state index contributed by atoms with van der Waals surface area (Å²) in [4.78, 5) is 16.5. The van der Waals surface area contributed by atoms with E-state index in [1.54, 1.807) is 0 Å². The average Bonchev–Trinajstić information content (AvgIpc) is 2.74. The van der Waals surface area contributed by atoms with E-state index in [-0.39, 0.29) is 19.2 Å². The van der Waals surface area contributed by atoms with Crippen molar-refractivity contribution in [1.29, 1.82) is 0 Å². The second kappa shape index (κ2) is 4.96. The molecule has 1 heterocycles. The maximum absolute atomic E-state index is 11.5. The summed E-state index contributed by atoms with van der Waals surface area (Å²) < 4.78 is 0. The molecule has 1 aromatic carbocycles. The first-order chi connectivity index (χ1) is 7.75. The van der Waals surface area contributed by atoms with Gasteiger partial charge in [0.05, 0.1) is 6.54 Å². The van der Waals surface area contributed by atoms with Crippen molar-refractivity contribution in [2.45, 2.75) is 12.6 Å². The van der Waals surface area contributed by atoms with Gasteiger partial charge in [-0.3, -0.25) is 4.84 Å². The van der Waals surface area contributed by atoms with Gasteiger partial charge in [-0.2, -0.15) is 0 Å². The number of nitrogens with one attached hydrogen (secondary N) is 1. The number of hydrogen-bond acceptors (Lipinski definition) is 3. The molecule has 0 aromatic heterocycles. The molecule has 1 aliphatic rings. The number of aliphatic hydroxyl groups excluding tert-OH is 1. The van der Waals surface area contributed by atoms with Gasteiger partial charge >= 0.3 is 6.03 Å². The molecule has 5 nitrogen and oxygen atoms in total. The number of β-amino-alcohol motifs (C(OH)–C–C–N with tert-alkyl or cyclic N) is 1. The Kier molecular flexibility index (Phi) is 3.38. The van der Waals surface area contributed by atoms with Crippen molar-refractivity contribution in [3.63, 3.8) is 0 Å². The van der Waals surface area contributed by atoms with Crippen LogP contribution in [0.1, 0.15) is 5.56 Å². The summed E-state index contributed by atoms with van der Waals surface area (Å²) >= 11 is 0. The number of carbonyl (C=O) groups is 1. The van der Waals surface area contributed by atoms with Crippen molar-refractivity contribution >= 4 is 6.03 Å². The molecule has 0 spiro atoms. The van der Waals surface area contributed by atoms with Gasteiger partial charge in [0.1, 0.15) is 12.7 Å². The van der Waals surface area contributed by atoms with E-state index in [4.69, 9.17) is 4.84 Å².